The van der Waals surface area contributed by atoms with Crippen molar-refractivity contribution in [2.45, 2.75) is 26.3 Å². The van der Waals surface area contributed by atoms with Gasteiger partial charge < -0.3 is 10.4 Å². The van der Waals surface area contributed by atoms with Crippen molar-refractivity contribution in [3.63, 3.8) is 0 Å². The minimum absolute atomic E-state index is 0.525. The Kier molecular flexibility index (Phi) is 3.46. The highest BCUT2D eigenvalue weighted by Crippen LogP contribution is 2.22. The lowest BCUT2D eigenvalue weighted by Crippen LogP contribution is -2.28. The van der Waals surface area contributed by atoms with Crippen molar-refractivity contribution in [2.75, 3.05) is 5.32 Å². The van der Waals surface area contributed by atoms with E-state index >= 15 is 0 Å². The van der Waals surface area contributed by atoms with Gasteiger partial charge in [-0.2, -0.15) is 0 Å². The van der Waals surface area contributed by atoms with Crippen LogP contribution in [0, 0.1) is 6.92 Å². The zero-order valence-electron chi connectivity index (χ0n) is 10.5. The maximum Gasteiger partial charge on any atom is 0.326 e. The molecule has 18 heavy (non-hydrogen) atoms. The molecule has 0 amide bonds. The van der Waals surface area contributed by atoms with Crippen LogP contribution in [-0.2, 0) is 4.79 Å². The van der Waals surface area contributed by atoms with Crippen LogP contribution in [0.3, 0.4) is 0 Å². The Bertz CT molecular complexity index is 581. The van der Waals surface area contributed by atoms with Gasteiger partial charge in [-0.25, -0.2) is 4.79 Å². The van der Waals surface area contributed by atoms with Gasteiger partial charge in [0.05, 0.1) is 11.2 Å². The highest BCUT2D eigenvalue weighted by molar-refractivity contribution is 5.92. The molecule has 1 aromatic heterocycles. The Balaban J connectivity index is 2.44. The van der Waals surface area contributed by atoms with E-state index in [1.807, 2.05) is 44.2 Å². The number of anilines is 1. The average Bonchev–Trinajstić information content (AvgIpc) is 2.35. The second-order valence-corrected chi connectivity index (χ2v) is 4.27. The number of aryl methyl sites for hydroxylation is 1. The number of hydrogen-bond donors (Lipinski definition) is 2. The molecule has 0 aliphatic carbocycles. The molecular formula is C14H16N2O2. The monoisotopic (exact) mass is 244 g/mol. The molecule has 0 radical (unpaired) electrons. The second-order valence-electron chi connectivity index (χ2n) is 4.27. The van der Waals surface area contributed by atoms with Crippen LogP contribution in [0.4, 0.5) is 5.69 Å². The zero-order chi connectivity index (χ0) is 13.1. The third-order valence-corrected chi connectivity index (χ3v) is 2.90. The molecule has 0 aliphatic rings. The number of carboxylic acid groups (broad SMARTS) is 1. The van der Waals surface area contributed by atoms with Gasteiger partial charge in [-0.15, -0.1) is 0 Å². The van der Waals surface area contributed by atoms with Crippen molar-refractivity contribution in [3.05, 3.63) is 36.0 Å². The van der Waals surface area contributed by atoms with E-state index in [1.165, 1.54) is 0 Å². The number of nitrogens with zero attached hydrogens (tertiary/aromatic N) is 1. The maximum absolute atomic E-state index is 11.1. The number of hydrogen-bond acceptors (Lipinski definition) is 3. The summed E-state index contributed by atoms with van der Waals surface area (Å²) >= 11 is 0. The summed E-state index contributed by atoms with van der Waals surface area (Å²) in [5, 5.41) is 13.1. The van der Waals surface area contributed by atoms with Crippen LogP contribution in [0.15, 0.2) is 30.3 Å². The Morgan fingerprint density at radius 3 is 2.83 bits per heavy atom. The minimum Gasteiger partial charge on any atom is -0.480 e. The molecule has 0 saturated heterocycles. The van der Waals surface area contributed by atoms with Crippen molar-refractivity contribution < 1.29 is 9.90 Å². The van der Waals surface area contributed by atoms with Crippen LogP contribution in [-0.4, -0.2) is 22.1 Å². The quantitative estimate of drug-likeness (QED) is 0.868. The number of rotatable bonds is 4. The molecule has 2 aromatic rings. The van der Waals surface area contributed by atoms with Crippen LogP contribution >= 0.6 is 0 Å². The first-order valence-corrected chi connectivity index (χ1v) is 5.97. The van der Waals surface area contributed by atoms with Gasteiger partial charge in [0.2, 0.25) is 0 Å². The summed E-state index contributed by atoms with van der Waals surface area (Å²) < 4.78 is 0. The molecular weight excluding hydrogens is 228 g/mol. The Labute approximate surface area is 106 Å². The number of pyridine rings is 1. The van der Waals surface area contributed by atoms with E-state index in [2.05, 4.69) is 10.3 Å². The molecule has 1 unspecified atom stereocenters. The first kappa shape index (κ1) is 12.4. The fourth-order valence-electron chi connectivity index (χ4n) is 1.89. The molecule has 1 heterocycles. The molecule has 0 fully saturated rings. The fourth-order valence-corrected chi connectivity index (χ4v) is 1.89. The smallest absolute Gasteiger partial charge is 0.326 e. The first-order chi connectivity index (χ1) is 8.61. The zero-order valence-corrected chi connectivity index (χ0v) is 10.5. The topological polar surface area (TPSA) is 62.2 Å². The summed E-state index contributed by atoms with van der Waals surface area (Å²) in [5.74, 6) is -0.845. The molecule has 0 bridgehead atoms. The predicted octanol–water partition coefficient (Wildman–Crippen LogP) is 2.82. The van der Waals surface area contributed by atoms with Gasteiger partial charge in [0.1, 0.15) is 6.04 Å². The number of carboxylic acids is 1. The summed E-state index contributed by atoms with van der Waals surface area (Å²) in [6.45, 7) is 3.76. The molecule has 0 aliphatic heterocycles. The van der Waals surface area contributed by atoms with E-state index in [1.54, 1.807) is 0 Å². The summed E-state index contributed by atoms with van der Waals surface area (Å²) in [6.07, 6.45) is 0.525. The lowest BCUT2D eigenvalue weighted by Gasteiger charge is -2.15. The number of carbonyl (C=O) groups is 1. The third kappa shape index (κ3) is 2.42. The van der Waals surface area contributed by atoms with E-state index < -0.39 is 12.0 Å². The highest BCUT2D eigenvalue weighted by atomic mass is 16.4. The molecule has 1 atom stereocenters. The molecule has 0 saturated carbocycles. The van der Waals surface area contributed by atoms with Gasteiger partial charge in [-0.3, -0.25) is 4.98 Å². The second kappa shape index (κ2) is 5.04. The molecule has 2 N–H and O–H groups in total. The van der Waals surface area contributed by atoms with Crippen LogP contribution in [0.2, 0.25) is 0 Å². The molecule has 0 spiro atoms. The third-order valence-electron chi connectivity index (χ3n) is 2.90. The lowest BCUT2D eigenvalue weighted by atomic mass is 10.1. The van der Waals surface area contributed by atoms with Gasteiger partial charge in [0.15, 0.2) is 0 Å². The van der Waals surface area contributed by atoms with Gasteiger partial charge in [0, 0.05) is 11.1 Å². The SMILES string of the molecule is CCC(Nc1cccc2ccc(C)nc12)C(=O)O. The van der Waals surface area contributed by atoms with Crippen molar-refractivity contribution in [2.24, 2.45) is 0 Å². The van der Waals surface area contributed by atoms with E-state index in [-0.39, 0.29) is 0 Å². The standard InChI is InChI=1S/C14H16N2O2/c1-3-11(14(17)18)16-12-6-4-5-10-8-7-9(2)15-13(10)12/h4-8,11,16H,3H2,1-2H3,(H,17,18). The Morgan fingerprint density at radius 1 is 1.39 bits per heavy atom. The summed E-state index contributed by atoms with van der Waals surface area (Å²) in [4.78, 5) is 15.5. The summed E-state index contributed by atoms with van der Waals surface area (Å²) in [7, 11) is 0. The minimum atomic E-state index is -0.845. The number of fused-ring (bicyclic) bond motifs is 1. The number of aromatic nitrogens is 1. The van der Waals surface area contributed by atoms with E-state index in [9.17, 15) is 4.79 Å². The lowest BCUT2D eigenvalue weighted by molar-refractivity contribution is -0.137. The van der Waals surface area contributed by atoms with Crippen LogP contribution < -0.4 is 5.32 Å². The van der Waals surface area contributed by atoms with E-state index in [4.69, 9.17) is 5.11 Å². The van der Waals surface area contributed by atoms with Crippen LogP contribution in [0.25, 0.3) is 10.9 Å². The van der Waals surface area contributed by atoms with Gasteiger partial charge in [-0.05, 0) is 25.5 Å². The molecule has 1 aromatic carbocycles. The predicted molar refractivity (Wildman–Crippen MR) is 71.8 cm³/mol. The van der Waals surface area contributed by atoms with E-state index in [0.717, 1.165) is 22.3 Å². The molecule has 4 heteroatoms. The van der Waals surface area contributed by atoms with Gasteiger partial charge in [-0.1, -0.05) is 25.1 Å². The van der Waals surface area contributed by atoms with Crippen LogP contribution in [0.5, 0.6) is 0 Å². The normalized spacial score (nSPS) is 12.3. The van der Waals surface area contributed by atoms with Crippen LogP contribution in [0.1, 0.15) is 19.0 Å². The number of para-hydroxylation sites is 1. The van der Waals surface area contributed by atoms with E-state index in [0.29, 0.717) is 6.42 Å². The molecule has 94 valence electrons. The average molecular weight is 244 g/mol. The van der Waals surface area contributed by atoms with Gasteiger partial charge >= 0.3 is 5.97 Å². The Morgan fingerprint density at radius 2 is 2.17 bits per heavy atom. The van der Waals surface area contributed by atoms with Gasteiger partial charge in [0.25, 0.3) is 0 Å². The molecule has 4 nitrogen and oxygen atoms in total. The number of aliphatic carboxylic acids is 1. The summed E-state index contributed by atoms with van der Waals surface area (Å²) in [6, 6.07) is 9.08. The van der Waals surface area contributed by atoms with Crippen molar-refractivity contribution >= 4 is 22.6 Å². The number of benzene rings is 1. The fraction of sp³-hybridized carbons (Fsp3) is 0.286. The highest BCUT2D eigenvalue weighted by Gasteiger charge is 2.15. The summed E-state index contributed by atoms with van der Waals surface area (Å²) in [5.41, 5.74) is 2.50. The first-order valence-electron chi connectivity index (χ1n) is 5.97. The van der Waals surface area contributed by atoms with Crippen molar-refractivity contribution in [1.29, 1.82) is 0 Å². The van der Waals surface area contributed by atoms with Crippen molar-refractivity contribution in [3.8, 4) is 0 Å². The van der Waals surface area contributed by atoms with Crippen molar-refractivity contribution in [1.82, 2.24) is 4.98 Å². The molecule has 2 rings (SSSR count). The largest absolute Gasteiger partial charge is 0.480 e. The maximum atomic E-state index is 11.1. The Hall–Kier alpha value is -2.10. The number of nitrogens with one attached hydrogen (secondary N) is 1.